The smallest absolute Gasteiger partial charge is 0.343 e. The minimum absolute atomic E-state index is 0.0651. The molecule has 0 radical (unpaired) electrons. The van der Waals surface area contributed by atoms with Crippen LogP contribution in [0.3, 0.4) is 0 Å². The molecule has 1 aromatic carbocycles. The molecular weight excluding hydrogens is 268 g/mol. The molecule has 8 nitrogen and oxygen atoms in total. The minimum atomic E-state index is -1.47. The fraction of sp³-hybridized carbons (Fsp3) is 0.250. The molecule has 104 valence electrons. The lowest BCUT2D eigenvalue weighted by atomic mass is 10.0. The number of amides is 2. The van der Waals surface area contributed by atoms with E-state index in [9.17, 15) is 24.5 Å². The van der Waals surface area contributed by atoms with Gasteiger partial charge in [0, 0.05) is 18.9 Å². The maximum Gasteiger partial charge on any atom is 0.343 e. The second kappa shape index (κ2) is 5.08. The van der Waals surface area contributed by atoms with Crippen LogP contribution in [0.5, 0.6) is 0 Å². The fourth-order valence-electron chi connectivity index (χ4n) is 2.09. The van der Waals surface area contributed by atoms with Crippen LogP contribution in [-0.4, -0.2) is 32.7 Å². The fourth-order valence-corrected chi connectivity index (χ4v) is 2.09. The van der Waals surface area contributed by atoms with Gasteiger partial charge < -0.3 is 5.11 Å². The molecule has 0 aromatic heterocycles. The number of hydrogen-bond donors (Lipinski definition) is 1. The summed E-state index contributed by atoms with van der Waals surface area (Å²) in [6.45, 7) is -0.263. The van der Waals surface area contributed by atoms with Crippen LogP contribution >= 0.6 is 0 Å². The van der Waals surface area contributed by atoms with E-state index in [1.54, 1.807) is 0 Å². The van der Waals surface area contributed by atoms with Crippen molar-refractivity contribution in [2.24, 2.45) is 0 Å². The van der Waals surface area contributed by atoms with E-state index in [1.165, 1.54) is 12.1 Å². The molecule has 8 heteroatoms. The molecular formula is C12H10N2O6. The Hall–Kier alpha value is -2.77. The summed E-state index contributed by atoms with van der Waals surface area (Å²) in [5.41, 5.74) is -0.991. The minimum Gasteiger partial charge on any atom is -0.477 e. The van der Waals surface area contributed by atoms with Crippen molar-refractivity contribution in [2.75, 3.05) is 0 Å². The monoisotopic (exact) mass is 278 g/mol. The number of imide groups is 1. The highest BCUT2D eigenvalue weighted by Crippen LogP contribution is 2.25. The molecule has 1 heterocycles. The lowest BCUT2D eigenvalue weighted by molar-refractivity contribution is -0.385. The molecule has 2 amide bonds. The van der Waals surface area contributed by atoms with Crippen molar-refractivity contribution < 1.29 is 24.4 Å². The van der Waals surface area contributed by atoms with Gasteiger partial charge in [0.2, 0.25) is 11.8 Å². The SMILES string of the molecule is O=C(O)c1c(CN2C(=O)CCC2=O)cccc1[N+](=O)[O-]. The van der Waals surface area contributed by atoms with Gasteiger partial charge in [-0.2, -0.15) is 0 Å². The first-order chi connectivity index (χ1) is 9.41. The quantitative estimate of drug-likeness (QED) is 0.497. The van der Waals surface area contributed by atoms with Gasteiger partial charge in [-0.15, -0.1) is 0 Å². The van der Waals surface area contributed by atoms with Crippen molar-refractivity contribution in [3.63, 3.8) is 0 Å². The van der Waals surface area contributed by atoms with Gasteiger partial charge in [-0.3, -0.25) is 24.6 Å². The normalized spacial score (nSPS) is 14.7. The first kappa shape index (κ1) is 13.7. The van der Waals surface area contributed by atoms with Gasteiger partial charge >= 0.3 is 5.97 Å². The van der Waals surface area contributed by atoms with Gasteiger partial charge in [-0.05, 0) is 5.56 Å². The summed E-state index contributed by atoms with van der Waals surface area (Å²) in [6, 6.07) is 3.75. The van der Waals surface area contributed by atoms with Crippen molar-refractivity contribution in [1.29, 1.82) is 0 Å². The Kier molecular flexibility index (Phi) is 3.47. The van der Waals surface area contributed by atoms with Gasteiger partial charge in [0.15, 0.2) is 0 Å². The predicted octanol–water partition coefficient (Wildman–Crippen LogP) is 0.942. The zero-order chi connectivity index (χ0) is 14.9. The molecule has 0 aliphatic carbocycles. The Morgan fingerprint density at radius 2 is 1.90 bits per heavy atom. The van der Waals surface area contributed by atoms with E-state index in [0.29, 0.717) is 0 Å². The highest BCUT2D eigenvalue weighted by molar-refractivity contribution is 6.02. The number of rotatable bonds is 4. The molecule has 0 spiro atoms. The molecule has 1 saturated heterocycles. The number of carboxylic acids is 1. The lowest BCUT2D eigenvalue weighted by Gasteiger charge is -2.15. The Morgan fingerprint density at radius 1 is 1.30 bits per heavy atom. The first-order valence-electron chi connectivity index (χ1n) is 5.74. The second-order valence-corrected chi connectivity index (χ2v) is 4.25. The zero-order valence-corrected chi connectivity index (χ0v) is 10.2. The number of aromatic carboxylic acids is 1. The Morgan fingerprint density at radius 3 is 2.40 bits per heavy atom. The topological polar surface area (TPSA) is 118 Å². The van der Waals surface area contributed by atoms with Gasteiger partial charge in [0.25, 0.3) is 5.69 Å². The van der Waals surface area contributed by atoms with Gasteiger partial charge in [0.1, 0.15) is 5.56 Å². The van der Waals surface area contributed by atoms with Crippen LogP contribution < -0.4 is 0 Å². The van der Waals surface area contributed by atoms with E-state index >= 15 is 0 Å². The summed E-state index contributed by atoms with van der Waals surface area (Å²) >= 11 is 0. The third-order valence-electron chi connectivity index (χ3n) is 3.02. The van der Waals surface area contributed by atoms with E-state index < -0.39 is 34.0 Å². The molecule has 0 unspecified atom stereocenters. The van der Waals surface area contributed by atoms with Gasteiger partial charge in [-0.1, -0.05) is 12.1 Å². The van der Waals surface area contributed by atoms with Crippen LogP contribution in [0.2, 0.25) is 0 Å². The molecule has 0 bridgehead atoms. The number of benzene rings is 1. The largest absolute Gasteiger partial charge is 0.477 e. The molecule has 0 saturated carbocycles. The summed E-state index contributed by atoms with van der Waals surface area (Å²) in [7, 11) is 0. The highest BCUT2D eigenvalue weighted by atomic mass is 16.6. The molecule has 1 aliphatic rings. The van der Waals surface area contributed by atoms with Crippen molar-refractivity contribution in [1.82, 2.24) is 4.90 Å². The van der Waals surface area contributed by atoms with E-state index in [0.717, 1.165) is 11.0 Å². The Bertz CT molecular complexity index is 608. The number of carbonyl (C=O) groups is 3. The molecule has 0 atom stereocenters. The highest BCUT2D eigenvalue weighted by Gasteiger charge is 2.31. The van der Waals surface area contributed by atoms with E-state index in [1.807, 2.05) is 0 Å². The average molecular weight is 278 g/mol. The standard InChI is InChI=1S/C12H10N2O6/c15-9-4-5-10(16)13(9)6-7-2-1-3-8(14(19)20)11(7)12(17)18/h1-3H,4-6H2,(H,17,18). The van der Waals surface area contributed by atoms with Crippen LogP contribution in [-0.2, 0) is 16.1 Å². The van der Waals surface area contributed by atoms with Crippen molar-refractivity contribution >= 4 is 23.5 Å². The number of carbonyl (C=O) groups excluding carboxylic acids is 2. The number of nitrogens with zero attached hydrogens (tertiary/aromatic N) is 2. The number of nitro benzene ring substituents is 1. The summed E-state index contributed by atoms with van der Waals surface area (Å²) in [6.07, 6.45) is 0.159. The summed E-state index contributed by atoms with van der Waals surface area (Å²) < 4.78 is 0. The predicted molar refractivity (Wildman–Crippen MR) is 64.8 cm³/mol. The Balaban J connectivity index is 2.44. The number of hydrogen-bond acceptors (Lipinski definition) is 5. The maximum absolute atomic E-state index is 11.5. The molecule has 1 N–H and O–H groups in total. The van der Waals surface area contributed by atoms with Gasteiger partial charge in [0.05, 0.1) is 11.5 Å². The average Bonchev–Trinajstić information content (AvgIpc) is 2.70. The van der Waals surface area contributed by atoms with Crippen molar-refractivity contribution in [3.8, 4) is 0 Å². The first-order valence-corrected chi connectivity index (χ1v) is 5.74. The third kappa shape index (κ3) is 2.35. The second-order valence-electron chi connectivity index (χ2n) is 4.25. The number of likely N-dealkylation sites (tertiary alicyclic amines) is 1. The molecule has 20 heavy (non-hydrogen) atoms. The van der Waals surface area contributed by atoms with Crippen LogP contribution in [0.1, 0.15) is 28.8 Å². The summed E-state index contributed by atoms with van der Waals surface area (Å²) in [5.74, 6) is -2.28. The molecule has 1 fully saturated rings. The van der Waals surface area contributed by atoms with Crippen molar-refractivity contribution in [2.45, 2.75) is 19.4 Å². The van der Waals surface area contributed by atoms with E-state index in [4.69, 9.17) is 5.11 Å². The van der Waals surface area contributed by atoms with E-state index in [-0.39, 0.29) is 24.9 Å². The molecule has 2 rings (SSSR count). The third-order valence-corrected chi connectivity index (χ3v) is 3.02. The lowest BCUT2D eigenvalue weighted by Crippen LogP contribution is -2.29. The van der Waals surface area contributed by atoms with E-state index in [2.05, 4.69) is 0 Å². The van der Waals surface area contributed by atoms with Crippen LogP contribution in [0.15, 0.2) is 18.2 Å². The van der Waals surface area contributed by atoms with Gasteiger partial charge in [-0.25, -0.2) is 4.79 Å². The Labute approximate surface area is 112 Å². The molecule has 1 aromatic rings. The summed E-state index contributed by atoms with van der Waals surface area (Å²) in [4.78, 5) is 45.2. The van der Waals surface area contributed by atoms with Crippen LogP contribution in [0.25, 0.3) is 0 Å². The number of carboxylic acid groups (broad SMARTS) is 1. The molecule has 1 aliphatic heterocycles. The number of nitro groups is 1. The maximum atomic E-state index is 11.5. The van der Waals surface area contributed by atoms with Crippen molar-refractivity contribution in [3.05, 3.63) is 39.4 Å². The zero-order valence-electron chi connectivity index (χ0n) is 10.2. The van der Waals surface area contributed by atoms with Crippen LogP contribution in [0.4, 0.5) is 5.69 Å². The summed E-state index contributed by atoms with van der Waals surface area (Å²) in [5, 5.41) is 19.9. The van der Waals surface area contributed by atoms with Crippen LogP contribution in [0, 0.1) is 10.1 Å².